The number of nitrogens with one attached hydrogen (secondary N) is 1. The largest absolute Gasteiger partial charge is 0.467 e. The van der Waals surface area contributed by atoms with Crippen LogP contribution in [0.25, 0.3) is 0 Å². The highest BCUT2D eigenvalue weighted by molar-refractivity contribution is 5.88. The summed E-state index contributed by atoms with van der Waals surface area (Å²) in [7, 11) is 1.38. The molecule has 0 spiro atoms. The van der Waals surface area contributed by atoms with E-state index in [-0.39, 0.29) is 17.9 Å². The molecule has 0 bridgehead atoms. The van der Waals surface area contributed by atoms with Gasteiger partial charge in [-0.2, -0.15) is 0 Å². The lowest BCUT2D eigenvalue weighted by molar-refractivity contribution is -0.149. The Kier molecular flexibility index (Phi) is 3.99. The van der Waals surface area contributed by atoms with Gasteiger partial charge in [-0.25, -0.2) is 4.79 Å². The van der Waals surface area contributed by atoms with E-state index in [4.69, 9.17) is 4.74 Å². The number of nitrogens with zero attached hydrogens (tertiary/aromatic N) is 1. The van der Waals surface area contributed by atoms with Gasteiger partial charge < -0.3 is 15.0 Å². The van der Waals surface area contributed by atoms with Crippen LogP contribution in [0.2, 0.25) is 0 Å². The van der Waals surface area contributed by atoms with E-state index in [9.17, 15) is 9.59 Å². The van der Waals surface area contributed by atoms with Crippen LogP contribution in [0.15, 0.2) is 0 Å². The first-order chi connectivity index (χ1) is 8.22. The number of amides is 1. The Morgan fingerprint density at radius 3 is 3.00 bits per heavy atom. The molecule has 0 aromatic heterocycles. The molecule has 17 heavy (non-hydrogen) atoms. The van der Waals surface area contributed by atoms with Crippen molar-refractivity contribution in [1.29, 1.82) is 0 Å². The number of methoxy groups -OCH3 is 1. The van der Waals surface area contributed by atoms with Gasteiger partial charge in [0.2, 0.25) is 5.91 Å². The number of ether oxygens (including phenoxy) is 1. The molecule has 2 rings (SSSR count). The number of likely N-dealkylation sites (tertiary alicyclic amines) is 1. The summed E-state index contributed by atoms with van der Waals surface area (Å²) in [6.45, 7) is 2.69. The number of rotatable bonds is 3. The lowest BCUT2D eigenvalue weighted by Crippen LogP contribution is -2.45. The number of piperidine rings is 1. The Balaban J connectivity index is 1.95. The van der Waals surface area contributed by atoms with Crippen molar-refractivity contribution in [1.82, 2.24) is 10.2 Å². The zero-order valence-corrected chi connectivity index (χ0v) is 10.3. The van der Waals surface area contributed by atoms with Gasteiger partial charge in [0, 0.05) is 13.0 Å². The molecule has 2 saturated heterocycles. The molecule has 5 heteroatoms. The molecule has 5 nitrogen and oxygen atoms in total. The molecule has 2 aliphatic heterocycles. The normalized spacial score (nSPS) is 29.5. The average molecular weight is 240 g/mol. The highest BCUT2D eigenvalue weighted by Crippen LogP contribution is 2.23. The van der Waals surface area contributed by atoms with E-state index in [2.05, 4.69) is 5.32 Å². The smallest absolute Gasteiger partial charge is 0.328 e. The van der Waals surface area contributed by atoms with Crippen LogP contribution in [0.4, 0.5) is 0 Å². The minimum atomic E-state index is -0.352. The zero-order chi connectivity index (χ0) is 12.3. The van der Waals surface area contributed by atoms with Crippen LogP contribution < -0.4 is 5.32 Å². The van der Waals surface area contributed by atoms with Gasteiger partial charge in [0.15, 0.2) is 0 Å². The molecule has 0 radical (unpaired) electrons. The Hall–Kier alpha value is -1.10. The number of carbonyl (C=O) groups excluding carboxylic acids is 2. The maximum absolute atomic E-state index is 11.8. The zero-order valence-electron chi connectivity index (χ0n) is 10.3. The number of hydrogen-bond donors (Lipinski definition) is 1. The van der Waals surface area contributed by atoms with Gasteiger partial charge in [-0.1, -0.05) is 0 Å². The molecule has 1 N–H and O–H groups in total. The fourth-order valence-corrected chi connectivity index (χ4v) is 2.70. The molecular formula is C12H20N2O3. The van der Waals surface area contributed by atoms with E-state index in [1.807, 2.05) is 0 Å². The standard InChI is InChI=1S/C12H20N2O3/c1-17-12(16)10-4-5-11(15)14(10)8-9-3-2-6-13-7-9/h9-10,13H,2-8H2,1H3/t9-,10-/m1/s1. The van der Waals surface area contributed by atoms with Crippen LogP contribution in [0.5, 0.6) is 0 Å². The van der Waals surface area contributed by atoms with Crippen molar-refractivity contribution in [2.75, 3.05) is 26.7 Å². The number of carbonyl (C=O) groups is 2. The van der Waals surface area contributed by atoms with Crippen LogP contribution in [0.1, 0.15) is 25.7 Å². The second-order valence-corrected chi connectivity index (χ2v) is 4.84. The minimum Gasteiger partial charge on any atom is -0.467 e. The molecule has 0 aliphatic carbocycles. The molecule has 2 aliphatic rings. The van der Waals surface area contributed by atoms with E-state index in [0.717, 1.165) is 25.9 Å². The average Bonchev–Trinajstić information content (AvgIpc) is 2.72. The first kappa shape index (κ1) is 12.4. The molecular weight excluding hydrogens is 220 g/mol. The van der Waals surface area contributed by atoms with Gasteiger partial charge in [0.05, 0.1) is 7.11 Å². The third-order valence-corrected chi connectivity index (χ3v) is 3.66. The molecule has 2 fully saturated rings. The maximum Gasteiger partial charge on any atom is 0.328 e. The Morgan fingerprint density at radius 2 is 2.35 bits per heavy atom. The highest BCUT2D eigenvalue weighted by atomic mass is 16.5. The minimum absolute atomic E-state index is 0.0889. The molecule has 2 atom stereocenters. The van der Waals surface area contributed by atoms with Crippen LogP contribution in [0, 0.1) is 5.92 Å². The van der Waals surface area contributed by atoms with Crippen molar-refractivity contribution in [3.8, 4) is 0 Å². The van der Waals surface area contributed by atoms with E-state index in [1.54, 1.807) is 4.90 Å². The summed E-state index contributed by atoms with van der Waals surface area (Å²) in [4.78, 5) is 25.1. The van der Waals surface area contributed by atoms with Gasteiger partial charge in [0.25, 0.3) is 0 Å². The lowest BCUT2D eigenvalue weighted by atomic mass is 9.99. The van der Waals surface area contributed by atoms with Crippen LogP contribution >= 0.6 is 0 Å². The first-order valence-corrected chi connectivity index (χ1v) is 6.30. The first-order valence-electron chi connectivity index (χ1n) is 6.30. The summed E-state index contributed by atoms with van der Waals surface area (Å²) >= 11 is 0. The van der Waals surface area contributed by atoms with Gasteiger partial charge in [-0.15, -0.1) is 0 Å². The van der Waals surface area contributed by atoms with E-state index < -0.39 is 0 Å². The SMILES string of the molecule is COC(=O)[C@H]1CCC(=O)N1C[C@@H]1CCCNC1. The van der Waals surface area contributed by atoms with E-state index >= 15 is 0 Å². The Labute approximate surface area is 101 Å². The highest BCUT2D eigenvalue weighted by Gasteiger charge is 2.37. The quantitative estimate of drug-likeness (QED) is 0.713. The fraction of sp³-hybridized carbons (Fsp3) is 0.833. The van der Waals surface area contributed by atoms with Gasteiger partial charge in [-0.05, 0) is 38.3 Å². The van der Waals surface area contributed by atoms with Gasteiger partial charge in [0.1, 0.15) is 6.04 Å². The van der Waals surface area contributed by atoms with Crippen LogP contribution in [-0.2, 0) is 14.3 Å². The van der Waals surface area contributed by atoms with Gasteiger partial charge >= 0.3 is 5.97 Å². The summed E-state index contributed by atoms with van der Waals surface area (Å²) in [5.41, 5.74) is 0. The van der Waals surface area contributed by atoms with Crippen molar-refractivity contribution in [2.24, 2.45) is 5.92 Å². The number of hydrogen-bond acceptors (Lipinski definition) is 4. The summed E-state index contributed by atoms with van der Waals surface area (Å²) in [5.74, 6) is 0.281. The summed E-state index contributed by atoms with van der Waals surface area (Å²) in [6, 6.07) is -0.352. The Morgan fingerprint density at radius 1 is 1.53 bits per heavy atom. The van der Waals surface area contributed by atoms with E-state index in [1.165, 1.54) is 7.11 Å². The lowest BCUT2D eigenvalue weighted by Gasteiger charge is -2.30. The maximum atomic E-state index is 11.8. The van der Waals surface area contributed by atoms with Crippen molar-refractivity contribution in [2.45, 2.75) is 31.7 Å². The molecule has 0 aromatic rings. The fourth-order valence-electron chi connectivity index (χ4n) is 2.70. The Bertz CT molecular complexity index is 300. The molecule has 0 unspecified atom stereocenters. The molecule has 2 heterocycles. The molecule has 0 saturated carbocycles. The predicted octanol–water partition coefficient (Wildman–Crippen LogP) is 0.150. The topological polar surface area (TPSA) is 58.6 Å². The van der Waals surface area contributed by atoms with Crippen molar-refractivity contribution >= 4 is 11.9 Å². The second kappa shape index (κ2) is 5.49. The van der Waals surface area contributed by atoms with Crippen LogP contribution in [-0.4, -0.2) is 49.6 Å². The molecule has 0 aromatic carbocycles. The predicted molar refractivity (Wildman–Crippen MR) is 62.3 cm³/mol. The van der Waals surface area contributed by atoms with Crippen molar-refractivity contribution in [3.63, 3.8) is 0 Å². The second-order valence-electron chi connectivity index (χ2n) is 4.84. The van der Waals surface area contributed by atoms with Gasteiger partial charge in [-0.3, -0.25) is 4.79 Å². The third-order valence-electron chi connectivity index (χ3n) is 3.66. The van der Waals surface area contributed by atoms with Crippen molar-refractivity contribution < 1.29 is 14.3 Å². The third kappa shape index (κ3) is 2.77. The summed E-state index contributed by atoms with van der Waals surface area (Å²) in [5, 5.41) is 3.33. The number of esters is 1. The summed E-state index contributed by atoms with van der Waals surface area (Å²) in [6.07, 6.45) is 3.35. The summed E-state index contributed by atoms with van der Waals surface area (Å²) < 4.78 is 4.75. The van der Waals surface area contributed by atoms with E-state index in [0.29, 0.717) is 25.3 Å². The molecule has 96 valence electrons. The van der Waals surface area contributed by atoms with Crippen LogP contribution in [0.3, 0.4) is 0 Å². The molecule has 1 amide bonds. The van der Waals surface area contributed by atoms with Crippen molar-refractivity contribution in [3.05, 3.63) is 0 Å². The monoisotopic (exact) mass is 240 g/mol.